The normalized spacial score (nSPS) is 10.0. The summed E-state index contributed by atoms with van der Waals surface area (Å²) in [6.07, 6.45) is 1.31. The first-order valence-electron chi connectivity index (χ1n) is 4.47. The third-order valence-electron chi connectivity index (χ3n) is 1.92. The molecule has 82 valence electrons. The average molecular weight is 235 g/mol. The molecule has 0 fully saturated rings. The molecule has 2 rings (SSSR count). The number of nitrogens with one attached hydrogen (secondary N) is 1. The van der Waals surface area contributed by atoms with Gasteiger partial charge >= 0.3 is 5.97 Å². The van der Waals surface area contributed by atoms with Crippen LogP contribution in [0.4, 0.5) is 16.5 Å². The Morgan fingerprint density at radius 2 is 2.19 bits per heavy atom. The fourth-order valence-electron chi connectivity index (χ4n) is 1.16. The number of rotatable bonds is 3. The quantitative estimate of drug-likeness (QED) is 0.709. The second kappa shape index (κ2) is 4.19. The van der Waals surface area contributed by atoms with E-state index < -0.39 is 5.97 Å². The molecule has 0 atom stereocenters. The maximum atomic E-state index is 10.7. The Labute approximate surface area is 95.6 Å². The molecule has 4 N–H and O–H groups in total. The molecule has 16 heavy (non-hydrogen) atoms. The van der Waals surface area contributed by atoms with Crippen molar-refractivity contribution in [2.24, 2.45) is 0 Å². The van der Waals surface area contributed by atoms with E-state index >= 15 is 0 Å². The molecule has 1 aromatic heterocycles. The van der Waals surface area contributed by atoms with Gasteiger partial charge in [-0.3, -0.25) is 0 Å². The van der Waals surface area contributed by atoms with E-state index in [1.807, 2.05) is 12.1 Å². The van der Waals surface area contributed by atoms with Crippen molar-refractivity contribution in [2.75, 3.05) is 11.1 Å². The Morgan fingerprint density at radius 3 is 2.81 bits per heavy atom. The summed E-state index contributed by atoms with van der Waals surface area (Å²) in [5.41, 5.74) is 7.04. The molecule has 0 aliphatic rings. The van der Waals surface area contributed by atoms with Crippen molar-refractivity contribution in [3.05, 3.63) is 35.3 Å². The predicted molar refractivity (Wildman–Crippen MR) is 63.2 cm³/mol. The van der Waals surface area contributed by atoms with Gasteiger partial charge in [-0.25, -0.2) is 9.78 Å². The highest BCUT2D eigenvalue weighted by molar-refractivity contribution is 7.17. The summed E-state index contributed by atoms with van der Waals surface area (Å²) >= 11 is 1.07. The maximum absolute atomic E-state index is 10.7. The fraction of sp³-hybridized carbons (Fsp3) is 0. The summed E-state index contributed by atoms with van der Waals surface area (Å²) in [7, 11) is 0. The maximum Gasteiger partial charge on any atom is 0.347 e. The van der Waals surface area contributed by atoms with E-state index in [1.165, 1.54) is 6.20 Å². The lowest BCUT2D eigenvalue weighted by atomic mass is 10.3. The van der Waals surface area contributed by atoms with Gasteiger partial charge in [-0.05, 0) is 12.1 Å². The van der Waals surface area contributed by atoms with Crippen molar-refractivity contribution in [1.82, 2.24) is 4.98 Å². The first kappa shape index (κ1) is 10.4. The van der Waals surface area contributed by atoms with Crippen molar-refractivity contribution in [3.8, 4) is 0 Å². The standard InChI is InChI=1S/C10H9N3O2S/c11-6-3-1-2-4-7(6)13-10-12-5-8(16-10)9(14)15/h1-5H,11H2,(H,12,13)(H,14,15). The summed E-state index contributed by atoms with van der Waals surface area (Å²) in [5.74, 6) is -0.980. The molecule has 0 radical (unpaired) electrons. The number of hydrogen-bond donors (Lipinski definition) is 3. The van der Waals surface area contributed by atoms with Crippen molar-refractivity contribution in [1.29, 1.82) is 0 Å². The lowest BCUT2D eigenvalue weighted by molar-refractivity contribution is 0.0702. The highest BCUT2D eigenvalue weighted by atomic mass is 32.1. The minimum atomic E-state index is -0.980. The van der Waals surface area contributed by atoms with E-state index in [0.29, 0.717) is 16.5 Å². The third kappa shape index (κ3) is 2.12. The van der Waals surface area contributed by atoms with Crippen LogP contribution in [0.2, 0.25) is 0 Å². The molecule has 0 aliphatic carbocycles. The number of nitrogens with two attached hydrogens (primary N) is 1. The van der Waals surface area contributed by atoms with E-state index in [-0.39, 0.29) is 4.88 Å². The number of para-hydroxylation sites is 2. The van der Waals surface area contributed by atoms with Gasteiger partial charge in [0, 0.05) is 0 Å². The Morgan fingerprint density at radius 1 is 1.44 bits per heavy atom. The van der Waals surface area contributed by atoms with Crippen molar-refractivity contribution >= 4 is 33.8 Å². The number of carboxylic acid groups (broad SMARTS) is 1. The van der Waals surface area contributed by atoms with Crippen LogP contribution >= 0.6 is 11.3 Å². The van der Waals surface area contributed by atoms with Crippen molar-refractivity contribution in [3.63, 3.8) is 0 Å². The highest BCUT2D eigenvalue weighted by Crippen LogP contribution is 2.25. The lowest BCUT2D eigenvalue weighted by Gasteiger charge is -2.04. The third-order valence-corrected chi connectivity index (χ3v) is 2.82. The van der Waals surface area contributed by atoms with Crippen LogP contribution < -0.4 is 11.1 Å². The summed E-state index contributed by atoms with van der Waals surface area (Å²) in [5, 5.41) is 12.2. The van der Waals surface area contributed by atoms with Crippen LogP contribution in [0.1, 0.15) is 9.67 Å². The number of nitrogen functional groups attached to an aromatic ring is 1. The van der Waals surface area contributed by atoms with Gasteiger partial charge in [0.2, 0.25) is 0 Å². The Balaban J connectivity index is 2.21. The minimum absolute atomic E-state index is 0.192. The van der Waals surface area contributed by atoms with E-state index in [0.717, 1.165) is 11.3 Å². The van der Waals surface area contributed by atoms with Gasteiger partial charge < -0.3 is 16.2 Å². The first-order valence-corrected chi connectivity index (χ1v) is 5.29. The Bertz CT molecular complexity index is 524. The van der Waals surface area contributed by atoms with Crippen molar-refractivity contribution < 1.29 is 9.90 Å². The first-order chi connectivity index (χ1) is 7.66. The number of anilines is 3. The Hall–Kier alpha value is -2.08. The highest BCUT2D eigenvalue weighted by Gasteiger charge is 2.08. The smallest absolute Gasteiger partial charge is 0.347 e. The number of carboxylic acids is 1. The van der Waals surface area contributed by atoms with E-state index in [2.05, 4.69) is 10.3 Å². The molecular formula is C10H9N3O2S. The SMILES string of the molecule is Nc1ccccc1Nc1ncc(C(=O)O)s1. The zero-order chi connectivity index (χ0) is 11.5. The zero-order valence-corrected chi connectivity index (χ0v) is 8.99. The second-order valence-corrected chi connectivity index (χ2v) is 4.08. The molecule has 5 nitrogen and oxygen atoms in total. The molecule has 0 aliphatic heterocycles. The number of thiazole rings is 1. The van der Waals surface area contributed by atoms with Gasteiger partial charge in [0.1, 0.15) is 4.88 Å². The van der Waals surface area contributed by atoms with Crippen LogP contribution in [0.3, 0.4) is 0 Å². The van der Waals surface area contributed by atoms with E-state index in [9.17, 15) is 4.79 Å². The molecule has 0 saturated carbocycles. The number of nitrogens with zero attached hydrogens (tertiary/aromatic N) is 1. The molecule has 0 spiro atoms. The molecule has 0 saturated heterocycles. The number of carbonyl (C=O) groups is 1. The molecule has 0 amide bonds. The van der Waals surface area contributed by atoms with Crippen LogP contribution in [-0.2, 0) is 0 Å². The minimum Gasteiger partial charge on any atom is -0.477 e. The summed E-state index contributed by atoms with van der Waals surface area (Å²) in [6.45, 7) is 0. The van der Waals surface area contributed by atoms with Gasteiger partial charge in [0.25, 0.3) is 0 Å². The number of aromatic carboxylic acids is 1. The van der Waals surface area contributed by atoms with Gasteiger partial charge in [0.05, 0.1) is 17.6 Å². The van der Waals surface area contributed by atoms with Gasteiger partial charge in [-0.1, -0.05) is 23.5 Å². The van der Waals surface area contributed by atoms with Crippen LogP contribution in [-0.4, -0.2) is 16.1 Å². The van der Waals surface area contributed by atoms with Gasteiger partial charge in [0.15, 0.2) is 5.13 Å². The summed E-state index contributed by atoms with van der Waals surface area (Å²) < 4.78 is 0. The summed E-state index contributed by atoms with van der Waals surface area (Å²) in [4.78, 5) is 14.8. The molecule has 1 aromatic carbocycles. The fourth-order valence-corrected chi connectivity index (χ4v) is 1.82. The number of hydrogen-bond acceptors (Lipinski definition) is 5. The van der Waals surface area contributed by atoms with E-state index in [4.69, 9.17) is 10.8 Å². The van der Waals surface area contributed by atoms with E-state index in [1.54, 1.807) is 12.1 Å². The molecule has 0 bridgehead atoms. The molecule has 0 unspecified atom stereocenters. The molecular weight excluding hydrogens is 226 g/mol. The molecule has 1 heterocycles. The monoisotopic (exact) mass is 235 g/mol. The molecule has 2 aromatic rings. The second-order valence-electron chi connectivity index (χ2n) is 3.05. The topological polar surface area (TPSA) is 88.2 Å². The van der Waals surface area contributed by atoms with Gasteiger partial charge in [-0.2, -0.15) is 0 Å². The lowest BCUT2D eigenvalue weighted by Crippen LogP contribution is -1.94. The number of aromatic nitrogens is 1. The van der Waals surface area contributed by atoms with Crippen LogP contribution in [0.15, 0.2) is 30.5 Å². The zero-order valence-electron chi connectivity index (χ0n) is 8.18. The predicted octanol–water partition coefficient (Wildman–Crippen LogP) is 2.17. The molecule has 6 heteroatoms. The van der Waals surface area contributed by atoms with Gasteiger partial charge in [-0.15, -0.1) is 0 Å². The van der Waals surface area contributed by atoms with Crippen LogP contribution in [0, 0.1) is 0 Å². The Kier molecular flexibility index (Phi) is 2.74. The van der Waals surface area contributed by atoms with Crippen molar-refractivity contribution in [2.45, 2.75) is 0 Å². The largest absolute Gasteiger partial charge is 0.477 e. The number of benzene rings is 1. The average Bonchev–Trinajstić information content (AvgIpc) is 2.70. The van der Waals surface area contributed by atoms with Crippen LogP contribution in [0.5, 0.6) is 0 Å². The van der Waals surface area contributed by atoms with Crippen LogP contribution in [0.25, 0.3) is 0 Å². The summed E-state index contributed by atoms with van der Waals surface area (Å²) in [6, 6.07) is 7.22.